The lowest BCUT2D eigenvalue weighted by atomic mass is 9.86. The van der Waals surface area contributed by atoms with Gasteiger partial charge in [-0.3, -0.25) is 37.0 Å². The number of ether oxygens (including phenoxy) is 1. The van der Waals surface area contributed by atoms with Crippen molar-refractivity contribution in [2.24, 2.45) is 25.7 Å². The molecule has 2 aliphatic rings. The molecule has 1 unspecified atom stereocenters. The monoisotopic (exact) mass is 1170 g/mol. The van der Waals surface area contributed by atoms with Gasteiger partial charge in [-0.2, -0.15) is 9.97 Å². The van der Waals surface area contributed by atoms with Crippen LogP contribution < -0.4 is 43.3 Å². The van der Waals surface area contributed by atoms with E-state index in [1.807, 2.05) is 69.9 Å². The molecule has 10 heterocycles. The number of nitrogens with one attached hydrogen (secondary N) is 1. The molecule has 0 saturated carbocycles. The largest absolute Gasteiger partial charge is 0.444 e. The van der Waals surface area contributed by atoms with Crippen LogP contribution in [0.3, 0.4) is 0 Å². The molecule has 2 saturated heterocycles. The molecule has 24 heteroatoms. The summed E-state index contributed by atoms with van der Waals surface area (Å²) < 4.78 is 18.4. The minimum absolute atomic E-state index is 0.0404. The number of imidazole rings is 2. The second-order valence-electron chi connectivity index (χ2n) is 22.8. The Morgan fingerprint density at radius 2 is 1.25 bits per heavy atom. The van der Waals surface area contributed by atoms with Crippen molar-refractivity contribution in [3.8, 4) is 23.7 Å². The standard InChI is InChI=1S/C60H64N16O6S2/c1-10-12-24-73-47-51(67-55(73)71-23-16-17-37(61)29-71)69(8)58(80)76(53(47)77)32-44-63-34(4)50-46(66-44)39-21-20-35(28-42(39)84-50)27-36-22-26-72(30-40(36)64-57(79)82-60(5,6)7)56-68-52-48(74(56)25-13-11-2)54(78)75(59(81)70(52)9)31-43-62-33(3)49-45(65-43)38-18-14-15-19-41(38)83-49/h14-15,18-21,28,36-37,40H,16-17,22-27,29-32,61H2,1-9H3,(H,64,79)/t36?,37-,40+/m1/s1. The van der Waals surface area contributed by atoms with Crippen LogP contribution in [0.25, 0.3) is 62.9 Å². The fourth-order valence-corrected chi connectivity index (χ4v) is 14.1. The number of hydrogen-bond donors (Lipinski definition) is 2. The molecule has 2 aromatic carbocycles. The maximum Gasteiger partial charge on any atom is 0.407 e. The van der Waals surface area contributed by atoms with Crippen LogP contribution in [0.1, 0.15) is 82.5 Å². The van der Waals surface area contributed by atoms with Gasteiger partial charge in [-0.1, -0.05) is 42.2 Å². The van der Waals surface area contributed by atoms with Crippen molar-refractivity contribution in [2.75, 3.05) is 36.0 Å². The molecule has 432 valence electrons. The van der Waals surface area contributed by atoms with Crippen LogP contribution in [0, 0.1) is 43.4 Å². The van der Waals surface area contributed by atoms with Crippen LogP contribution in [0.2, 0.25) is 0 Å². The second-order valence-corrected chi connectivity index (χ2v) is 24.9. The van der Waals surface area contributed by atoms with Gasteiger partial charge in [-0.05, 0) is 97.8 Å². The SMILES string of the molecule is CC#CCn1c(N2CCC[C@@H](N)C2)nc2c1c(=O)n(Cc1nc(C)c3sc4cc(CC5CCN(c6nc7c(c(=O)n(Cc8nc(C)c9sc%10ccccc%10c9n8)c(=O)n7C)n6CC#CC)C[C@@H]5NC(=O)OC(C)(C)C)ccc4c3n1)c(=O)n2C. The molecule has 3 atom stereocenters. The molecule has 3 N–H and O–H groups in total. The van der Waals surface area contributed by atoms with Crippen LogP contribution in [0.5, 0.6) is 0 Å². The maximum absolute atomic E-state index is 14.8. The molecule has 0 aliphatic carbocycles. The van der Waals surface area contributed by atoms with Crippen LogP contribution in [0.15, 0.2) is 61.6 Å². The first-order valence-electron chi connectivity index (χ1n) is 28.1. The fraction of sp³-hybridized carbons (Fsp3) is 0.417. The van der Waals surface area contributed by atoms with Crippen LogP contribution in [-0.4, -0.2) is 107 Å². The summed E-state index contributed by atoms with van der Waals surface area (Å²) in [6, 6.07) is 13.8. The molecule has 0 radical (unpaired) electrons. The summed E-state index contributed by atoms with van der Waals surface area (Å²) in [7, 11) is 3.22. The van der Waals surface area contributed by atoms with Crippen molar-refractivity contribution in [3.63, 3.8) is 0 Å². The zero-order chi connectivity index (χ0) is 59.0. The fourth-order valence-electron chi connectivity index (χ4n) is 11.9. The third kappa shape index (κ3) is 10.0. The van der Waals surface area contributed by atoms with E-state index in [4.69, 9.17) is 40.4 Å². The number of thiophene rings is 2. The topological polar surface area (TPSA) is 246 Å². The van der Waals surface area contributed by atoms with Crippen molar-refractivity contribution in [1.29, 1.82) is 0 Å². The van der Waals surface area contributed by atoms with Crippen molar-refractivity contribution in [1.82, 2.24) is 62.6 Å². The summed E-state index contributed by atoms with van der Waals surface area (Å²) in [6.45, 7) is 14.9. The van der Waals surface area contributed by atoms with Gasteiger partial charge in [0.15, 0.2) is 22.3 Å². The molecule has 8 aromatic heterocycles. The highest BCUT2D eigenvalue weighted by atomic mass is 32.1. The number of amides is 1. The number of carbonyl (C=O) groups excluding carboxylic acids is 1. The predicted octanol–water partition coefficient (Wildman–Crippen LogP) is 6.07. The number of rotatable bonds is 11. The Bertz CT molecular complexity index is 4740. The molecule has 2 aliphatic heterocycles. The minimum atomic E-state index is -0.760. The zero-order valence-corrected chi connectivity index (χ0v) is 50.0. The van der Waals surface area contributed by atoms with Gasteiger partial charge in [0.1, 0.15) is 17.2 Å². The smallest absolute Gasteiger partial charge is 0.407 e. The van der Waals surface area contributed by atoms with E-state index in [1.54, 1.807) is 59.8 Å². The van der Waals surface area contributed by atoms with Gasteiger partial charge < -0.3 is 25.6 Å². The van der Waals surface area contributed by atoms with Gasteiger partial charge >= 0.3 is 17.5 Å². The van der Waals surface area contributed by atoms with E-state index >= 15 is 0 Å². The van der Waals surface area contributed by atoms with Crippen molar-refractivity contribution >= 4 is 104 Å². The molecule has 22 nitrogen and oxygen atoms in total. The number of anilines is 2. The Labute approximate surface area is 489 Å². The van der Waals surface area contributed by atoms with Crippen molar-refractivity contribution in [3.05, 3.63) is 113 Å². The molecule has 1 amide bonds. The lowest BCUT2D eigenvalue weighted by Crippen LogP contribution is -2.54. The first-order valence-corrected chi connectivity index (χ1v) is 29.7. The molecule has 0 bridgehead atoms. The summed E-state index contributed by atoms with van der Waals surface area (Å²) in [6.07, 6.45) is 2.43. The lowest BCUT2D eigenvalue weighted by molar-refractivity contribution is 0.0479. The Morgan fingerprint density at radius 3 is 1.81 bits per heavy atom. The number of fused-ring (bicyclic) bond motifs is 8. The first-order chi connectivity index (χ1) is 40.3. The molecule has 10 aromatic rings. The van der Waals surface area contributed by atoms with Gasteiger partial charge in [0.05, 0.1) is 64.0 Å². The number of aromatic nitrogens is 12. The number of piperidine rings is 2. The number of carbonyl (C=O) groups is 1. The van der Waals surface area contributed by atoms with Gasteiger partial charge in [0, 0.05) is 66.5 Å². The Morgan fingerprint density at radius 1 is 0.702 bits per heavy atom. The van der Waals surface area contributed by atoms with Crippen LogP contribution in [-0.2, 0) is 51.4 Å². The van der Waals surface area contributed by atoms with Crippen molar-refractivity contribution in [2.45, 2.75) is 118 Å². The molecule has 12 rings (SSSR count). The Balaban J connectivity index is 0.847. The van der Waals surface area contributed by atoms with Crippen LogP contribution in [0.4, 0.5) is 16.7 Å². The third-order valence-electron chi connectivity index (χ3n) is 15.9. The highest BCUT2D eigenvalue weighted by Crippen LogP contribution is 2.37. The van der Waals surface area contributed by atoms with Crippen molar-refractivity contribution < 1.29 is 9.53 Å². The molecule has 0 spiro atoms. The van der Waals surface area contributed by atoms with Gasteiger partial charge in [0.25, 0.3) is 11.1 Å². The van der Waals surface area contributed by atoms with E-state index in [1.165, 1.54) is 13.7 Å². The van der Waals surface area contributed by atoms with Crippen LogP contribution >= 0.6 is 22.7 Å². The van der Waals surface area contributed by atoms with Gasteiger partial charge in [0.2, 0.25) is 11.9 Å². The Kier molecular flexibility index (Phi) is 14.5. The van der Waals surface area contributed by atoms with E-state index in [9.17, 15) is 24.0 Å². The summed E-state index contributed by atoms with van der Waals surface area (Å²) >= 11 is 3.18. The molecular weight excluding hydrogens is 1100 g/mol. The quantitative estimate of drug-likeness (QED) is 0.140. The number of aryl methyl sites for hydroxylation is 4. The average Bonchev–Trinajstić information content (AvgIpc) is 2.24. The summed E-state index contributed by atoms with van der Waals surface area (Å²) in [5.74, 6) is 13.7. The predicted molar refractivity (Wildman–Crippen MR) is 329 cm³/mol. The van der Waals surface area contributed by atoms with E-state index < -0.39 is 40.2 Å². The number of nitrogens with zero attached hydrogens (tertiary/aromatic N) is 14. The summed E-state index contributed by atoms with van der Waals surface area (Å²) in [4.78, 5) is 105. The molecular formula is C60H64N16O6S2. The van der Waals surface area contributed by atoms with E-state index in [0.717, 1.165) is 75.8 Å². The van der Waals surface area contributed by atoms with E-state index in [-0.39, 0.29) is 60.5 Å². The molecule has 84 heavy (non-hydrogen) atoms. The number of nitrogens with two attached hydrogens (primary N) is 1. The lowest BCUT2D eigenvalue weighted by Gasteiger charge is -2.39. The number of benzene rings is 2. The third-order valence-corrected chi connectivity index (χ3v) is 18.4. The number of hydrogen-bond acceptors (Lipinski definition) is 17. The highest BCUT2D eigenvalue weighted by molar-refractivity contribution is 7.26. The highest BCUT2D eigenvalue weighted by Gasteiger charge is 2.36. The molecule has 2 fully saturated rings. The summed E-state index contributed by atoms with van der Waals surface area (Å²) in [5, 5.41) is 5.09. The minimum Gasteiger partial charge on any atom is -0.444 e. The maximum atomic E-state index is 14.8. The van der Waals surface area contributed by atoms with Gasteiger partial charge in [-0.25, -0.2) is 34.3 Å². The van der Waals surface area contributed by atoms with E-state index in [0.29, 0.717) is 61.7 Å². The second kappa shape index (κ2) is 21.8. The Hall–Kier alpha value is -8.71. The van der Waals surface area contributed by atoms with E-state index in [2.05, 4.69) is 46.0 Å². The summed E-state index contributed by atoms with van der Waals surface area (Å²) in [5.41, 5.74) is 8.47. The average molecular weight is 1170 g/mol. The normalized spacial score (nSPS) is 16.7. The first kappa shape index (κ1) is 55.8. The van der Waals surface area contributed by atoms with Gasteiger partial charge in [-0.15, -0.1) is 34.5 Å². The zero-order valence-electron chi connectivity index (χ0n) is 48.4. The number of alkyl carbamates (subject to hydrolysis) is 1.